The minimum absolute atomic E-state index is 0.232. The Bertz CT molecular complexity index is 527. The summed E-state index contributed by atoms with van der Waals surface area (Å²) in [5.41, 5.74) is 7.36. The molecule has 0 unspecified atom stereocenters. The van der Waals surface area contributed by atoms with E-state index in [0.717, 1.165) is 12.0 Å². The fourth-order valence-electron chi connectivity index (χ4n) is 1.40. The molecule has 4 N–H and O–H groups in total. The van der Waals surface area contributed by atoms with Crippen molar-refractivity contribution in [2.75, 3.05) is 24.1 Å². The van der Waals surface area contributed by atoms with E-state index in [4.69, 9.17) is 11.0 Å². The second-order valence-electron chi connectivity index (χ2n) is 4.23. The van der Waals surface area contributed by atoms with Crippen LogP contribution in [0.25, 0.3) is 0 Å². The van der Waals surface area contributed by atoms with E-state index in [9.17, 15) is 4.79 Å². The molecule has 0 aromatic carbocycles. The summed E-state index contributed by atoms with van der Waals surface area (Å²) in [7, 11) is 0. The highest BCUT2D eigenvalue weighted by Crippen LogP contribution is 2.35. The number of amides is 1. The minimum Gasteiger partial charge on any atom is -0.396 e. The largest absolute Gasteiger partial charge is 0.396 e. The minimum atomic E-state index is -0.232. The maximum Gasteiger partial charge on any atom is 0.263 e. The molecule has 0 atom stereocenters. The summed E-state index contributed by atoms with van der Waals surface area (Å²) in [6.07, 6.45) is 0.850. The summed E-state index contributed by atoms with van der Waals surface area (Å²) in [6, 6.07) is 2.03. The van der Waals surface area contributed by atoms with E-state index < -0.39 is 0 Å². The number of anilines is 2. The first-order chi connectivity index (χ1) is 9.01. The summed E-state index contributed by atoms with van der Waals surface area (Å²) in [5, 5.41) is 15.6. The van der Waals surface area contributed by atoms with Crippen LogP contribution >= 0.6 is 11.3 Å². The van der Waals surface area contributed by atoms with Crippen molar-refractivity contribution in [1.29, 1.82) is 5.26 Å². The lowest BCUT2D eigenvalue weighted by Crippen LogP contribution is -2.23. The first kappa shape index (κ1) is 15.1. The Morgan fingerprint density at radius 2 is 2.26 bits per heavy atom. The van der Waals surface area contributed by atoms with Gasteiger partial charge in [0.25, 0.3) is 5.91 Å². The molecule has 19 heavy (non-hydrogen) atoms. The van der Waals surface area contributed by atoms with Gasteiger partial charge in [0.05, 0.1) is 5.69 Å². The van der Waals surface area contributed by atoms with Crippen LogP contribution in [0, 0.1) is 11.3 Å². The van der Waals surface area contributed by atoms with E-state index >= 15 is 0 Å². The SMILES string of the molecule is C=C(C)CNc1sc(C(=O)NCCC)c(N)c1C#N. The van der Waals surface area contributed by atoms with Gasteiger partial charge < -0.3 is 16.4 Å². The Morgan fingerprint density at radius 1 is 1.58 bits per heavy atom. The molecule has 1 amide bonds. The van der Waals surface area contributed by atoms with Gasteiger partial charge in [-0.15, -0.1) is 11.3 Å². The van der Waals surface area contributed by atoms with Gasteiger partial charge in [0, 0.05) is 13.1 Å². The van der Waals surface area contributed by atoms with Crippen LogP contribution in [0.1, 0.15) is 35.5 Å². The number of thiophene rings is 1. The number of hydrogen-bond acceptors (Lipinski definition) is 5. The van der Waals surface area contributed by atoms with Crippen molar-refractivity contribution in [1.82, 2.24) is 5.32 Å². The first-order valence-electron chi connectivity index (χ1n) is 6.00. The van der Waals surface area contributed by atoms with Crippen LogP contribution in [0.2, 0.25) is 0 Å². The van der Waals surface area contributed by atoms with Gasteiger partial charge >= 0.3 is 0 Å². The van der Waals surface area contributed by atoms with Crippen LogP contribution in [0.3, 0.4) is 0 Å². The molecule has 0 aliphatic heterocycles. The first-order valence-corrected chi connectivity index (χ1v) is 6.81. The van der Waals surface area contributed by atoms with E-state index in [1.807, 2.05) is 19.9 Å². The average Bonchev–Trinajstić information content (AvgIpc) is 2.69. The number of nitrogens with zero attached hydrogens (tertiary/aromatic N) is 1. The molecule has 0 aliphatic carbocycles. The lowest BCUT2D eigenvalue weighted by atomic mass is 10.2. The van der Waals surface area contributed by atoms with Crippen LogP contribution < -0.4 is 16.4 Å². The number of nitriles is 1. The predicted molar refractivity (Wildman–Crippen MR) is 79.4 cm³/mol. The highest BCUT2D eigenvalue weighted by Gasteiger charge is 2.20. The van der Waals surface area contributed by atoms with Gasteiger partial charge in [0.1, 0.15) is 21.5 Å². The van der Waals surface area contributed by atoms with E-state index in [1.54, 1.807) is 0 Å². The van der Waals surface area contributed by atoms with Crippen molar-refractivity contribution in [3.05, 3.63) is 22.6 Å². The van der Waals surface area contributed by atoms with Crippen molar-refractivity contribution in [2.24, 2.45) is 0 Å². The lowest BCUT2D eigenvalue weighted by Gasteiger charge is -2.02. The second-order valence-corrected chi connectivity index (χ2v) is 5.25. The third-order valence-electron chi connectivity index (χ3n) is 2.35. The van der Waals surface area contributed by atoms with Gasteiger partial charge in [0.15, 0.2) is 0 Å². The van der Waals surface area contributed by atoms with Gasteiger partial charge in [-0.1, -0.05) is 19.1 Å². The summed E-state index contributed by atoms with van der Waals surface area (Å²) in [5.74, 6) is -0.232. The van der Waals surface area contributed by atoms with Crippen molar-refractivity contribution in [2.45, 2.75) is 20.3 Å². The van der Waals surface area contributed by atoms with Gasteiger partial charge in [-0.25, -0.2) is 0 Å². The number of nitrogens with one attached hydrogen (secondary N) is 2. The zero-order chi connectivity index (χ0) is 14.4. The molecule has 1 aromatic rings. The molecule has 0 radical (unpaired) electrons. The van der Waals surface area contributed by atoms with E-state index in [2.05, 4.69) is 17.2 Å². The van der Waals surface area contributed by atoms with Crippen LogP contribution in [-0.4, -0.2) is 19.0 Å². The van der Waals surface area contributed by atoms with E-state index in [-0.39, 0.29) is 11.6 Å². The fraction of sp³-hybridized carbons (Fsp3) is 0.385. The Kier molecular flexibility index (Phi) is 5.39. The van der Waals surface area contributed by atoms with Crippen LogP contribution in [0.4, 0.5) is 10.7 Å². The molecule has 0 saturated heterocycles. The molecule has 1 heterocycles. The molecule has 1 rings (SSSR count). The van der Waals surface area contributed by atoms with Crippen LogP contribution in [0.5, 0.6) is 0 Å². The third kappa shape index (κ3) is 3.73. The number of carbonyl (C=O) groups excluding carboxylic acids is 1. The van der Waals surface area contributed by atoms with Gasteiger partial charge in [-0.3, -0.25) is 4.79 Å². The summed E-state index contributed by atoms with van der Waals surface area (Å²) < 4.78 is 0. The Labute approximate surface area is 117 Å². The van der Waals surface area contributed by atoms with Gasteiger partial charge in [-0.05, 0) is 13.3 Å². The Hall–Kier alpha value is -2.00. The Morgan fingerprint density at radius 3 is 2.79 bits per heavy atom. The average molecular weight is 278 g/mol. The fourth-order valence-corrected chi connectivity index (χ4v) is 2.38. The molecule has 0 bridgehead atoms. The zero-order valence-electron chi connectivity index (χ0n) is 11.2. The lowest BCUT2D eigenvalue weighted by molar-refractivity contribution is 0.0958. The second kappa shape index (κ2) is 6.81. The third-order valence-corrected chi connectivity index (χ3v) is 3.51. The molecule has 1 aromatic heterocycles. The predicted octanol–water partition coefficient (Wildman–Crippen LogP) is 2.33. The molecule has 0 fully saturated rings. The van der Waals surface area contributed by atoms with Crippen molar-refractivity contribution < 1.29 is 4.79 Å². The highest BCUT2D eigenvalue weighted by molar-refractivity contribution is 7.18. The summed E-state index contributed by atoms with van der Waals surface area (Å²) >= 11 is 1.20. The van der Waals surface area contributed by atoms with Crippen molar-refractivity contribution in [3.8, 4) is 6.07 Å². The monoisotopic (exact) mass is 278 g/mol. The van der Waals surface area contributed by atoms with Gasteiger partial charge in [0.2, 0.25) is 0 Å². The van der Waals surface area contributed by atoms with Crippen molar-refractivity contribution in [3.63, 3.8) is 0 Å². The van der Waals surface area contributed by atoms with E-state index in [0.29, 0.717) is 28.5 Å². The summed E-state index contributed by atoms with van der Waals surface area (Å²) in [6.45, 7) is 8.77. The molecular weight excluding hydrogens is 260 g/mol. The quantitative estimate of drug-likeness (QED) is 0.696. The standard InChI is InChI=1S/C13H18N4OS/c1-4-5-16-12(18)11-10(15)9(6-14)13(19-11)17-7-8(2)3/h17H,2,4-5,7,15H2,1,3H3,(H,16,18). The Balaban J connectivity index is 2.98. The molecule has 102 valence electrons. The number of rotatable bonds is 6. The van der Waals surface area contributed by atoms with Crippen molar-refractivity contribution >= 4 is 27.9 Å². The highest BCUT2D eigenvalue weighted by atomic mass is 32.1. The number of carbonyl (C=O) groups is 1. The number of nitrogen functional groups attached to an aromatic ring is 1. The number of nitrogens with two attached hydrogens (primary N) is 1. The molecule has 6 heteroatoms. The smallest absolute Gasteiger partial charge is 0.263 e. The van der Waals surface area contributed by atoms with Crippen LogP contribution in [-0.2, 0) is 0 Å². The molecule has 0 spiro atoms. The van der Waals surface area contributed by atoms with E-state index in [1.165, 1.54) is 11.3 Å². The van der Waals surface area contributed by atoms with Gasteiger partial charge in [-0.2, -0.15) is 5.26 Å². The maximum absolute atomic E-state index is 11.9. The molecular formula is C13H18N4OS. The molecule has 5 nitrogen and oxygen atoms in total. The number of hydrogen-bond donors (Lipinski definition) is 3. The normalized spacial score (nSPS) is 9.74. The molecule has 0 aliphatic rings. The zero-order valence-corrected chi connectivity index (χ0v) is 12.0. The molecule has 0 saturated carbocycles. The summed E-state index contributed by atoms with van der Waals surface area (Å²) in [4.78, 5) is 12.3. The topological polar surface area (TPSA) is 90.9 Å². The maximum atomic E-state index is 11.9. The van der Waals surface area contributed by atoms with Crippen LogP contribution in [0.15, 0.2) is 12.2 Å².